The van der Waals surface area contributed by atoms with Crippen LogP contribution in [-0.4, -0.2) is 21.1 Å². The Kier molecular flexibility index (Phi) is 5.81. The number of alkyl halides is 3. The average molecular weight is 470 g/mol. The first-order valence-corrected chi connectivity index (χ1v) is 11.6. The Hall–Kier alpha value is -2.80. The predicted molar refractivity (Wildman–Crippen MR) is 128 cm³/mol. The molecule has 0 aliphatic carbocycles. The van der Waals surface area contributed by atoms with E-state index in [2.05, 4.69) is 60.0 Å². The summed E-state index contributed by atoms with van der Waals surface area (Å²) in [7, 11) is 0. The molecule has 4 aromatic rings. The van der Waals surface area contributed by atoms with Gasteiger partial charge in [-0.15, -0.1) is 11.3 Å². The van der Waals surface area contributed by atoms with E-state index in [1.54, 1.807) is 5.38 Å². The first-order chi connectivity index (χ1) is 15.3. The second kappa shape index (κ2) is 8.20. The van der Waals surface area contributed by atoms with Crippen molar-refractivity contribution in [1.82, 2.24) is 15.0 Å². The van der Waals surface area contributed by atoms with Crippen molar-refractivity contribution in [2.45, 2.75) is 52.6 Å². The van der Waals surface area contributed by atoms with E-state index in [0.29, 0.717) is 16.4 Å². The lowest BCUT2D eigenvalue weighted by Gasteiger charge is -2.26. The highest BCUT2D eigenvalue weighted by molar-refractivity contribution is 7.13. The van der Waals surface area contributed by atoms with Gasteiger partial charge >= 0.3 is 6.18 Å². The van der Waals surface area contributed by atoms with Gasteiger partial charge in [0.1, 0.15) is 17.0 Å². The van der Waals surface area contributed by atoms with Gasteiger partial charge in [-0.1, -0.05) is 58.9 Å². The van der Waals surface area contributed by atoms with Crippen molar-refractivity contribution in [2.24, 2.45) is 5.41 Å². The number of benzene rings is 2. The monoisotopic (exact) mass is 469 g/mol. The van der Waals surface area contributed by atoms with Gasteiger partial charge in [0, 0.05) is 17.4 Å². The lowest BCUT2D eigenvalue weighted by atomic mass is 9.82. The Bertz CT molecular complexity index is 1300. The van der Waals surface area contributed by atoms with Crippen LogP contribution in [-0.2, 0) is 11.8 Å². The number of nitrogens with zero attached hydrogens (tertiary/aromatic N) is 3. The SMILES string of the molecule is CC(C)(C)c1cc(-c2cc(-c3nc(CC(C)(C)C(F)(F)F)cs3)ncn2)cc2ccccc12. The Morgan fingerprint density at radius 3 is 2.27 bits per heavy atom. The fourth-order valence-electron chi connectivity index (χ4n) is 3.77. The van der Waals surface area contributed by atoms with Crippen molar-refractivity contribution in [3.8, 4) is 22.0 Å². The second-order valence-corrected chi connectivity index (χ2v) is 10.8. The van der Waals surface area contributed by atoms with Crippen molar-refractivity contribution in [3.05, 3.63) is 65.4 Å². The van der Waals surface area contributed by atoms with Gasteiger partial charge in [0.15, 0.2) is 0 Å². The molecule has 0 aliphatic rings. The van der Waals surface area contributed by atoms with Gasteiger partial charge in [-0.3, -0.25) is 0 Å². The van der Waals surface area contributed by atoms with Crippen molar-refractivity contribution in [1.29, 1.82) is 0 Å². The lowest BCUT2D eigenvalue weighted by Crippen LogP contribution is -2.34. The van der Waals surface area contributed by atoms with Crippen molar-refractivity contribution >= 4 is 22.1 Å². The van der Waals surface area contributed by atoms with Crippen LogP contribution in [0.25, 0.3) is 32.7 Å². The minimum absolute atomic E-state index is 0.0546. The topological polar surface area (TPSA) is 38.7 Å². The van der Waals surface area contributed by atoms with E-state index >= 15 is 0 Å². The second-order valence-electron chi connectivity index (χ2n) is 9.99. The highest BCUT2D eigenvalue weighted by Crippen LogP contribution is 2.41. The van der Waals surface area contributed by atoms with Gasteiger partial charge in [-0.2, -0.15) is 13.2 Å². The van der Waals surface area contributed by atoms with E-state index in [9.17, 15) is 13.2 Å². The van der Waals surface area contributed by atoms with Crippen LogP contribution in [0.3, 0.4) is 0 Å². The molecule has 0 radical (unpaired) electrons. The summed E-state index contributed by atoms with van der Waals surface area (Å²) in [6.45, 7) is 8.94. The predicted octanol–water partition coefficient (Wildman–Crippen LogP) is 7.85. The standard InChI is InChI=1S/C26H26F3N3S/c1-24(2,3)20-11-17(10-16-8-6-7-9-19(16)20)21-12-22(31-15-30-21)23-32-18(14-33-23)13-25(4,5)26(27,28)29/h6-12,14-15H,13H2,1-5H3. The van der Waals surface area contributed by atoms with E-state index in [1.165, 1.54) is 42.5 Å². The molecule has 0 spiro atoms. The highest BCUT2D eigenvalue weighted by Gasteiger charge is 2.47. The van der Waals surface area contributed by atoms with Gasteiger partial charge < -0.3 is 0 Å². The van der Waals surface area contributed by atoms with Gasteiger partial charge in [0.25, 0.3) is 0 Å². The van der Waals surface area contributed by atoms with Crippen LogP contribution < -0.4 is 0 Å². The van der Waals surface area contributed by atoms with Gasteiger partial charge in [-0.05, 0) is 39.9 Å². The molecule has 0 N–H and O–H groups in total. The Morgan fingerprint density at radius 1 is 0.879 bits per heavy atom. The summed E-state index contributed by atoms with van der Waals surface area (Å²) in [4.78, 5) is 13.3. The zero-order chi connectivity index (χ0) is 24.0. The van der Waals surface area contributed by atoms with Crippen LogP contribution in [0.1, 0.15) is 45.9 Å². The normalized spacial score (nSPS) is 13.0. The number of fused-ring (bicyclic) bond motifs is 1. The molecule has 7 heteroatoms. The molecule has 0 amide bonds. The van der Waals surface area contributed by atoms with Crippen LogP contribution in [0.15, 0.2) is 54.2 Å². The number of rotatable bonds is 4. The number of hydrogen-bond acceptors (Lipinski definition) is 4. The van der Waals surface area contributed by atoms with Crippen LogP contribution in [0.4, 0.5) is 13.2 Å². The molecule has 33 heavy (non-hydrogen) atoms. The molecular weight excluding hydrogens is 443 g/mol. The summed E-state index contributed by atoms with van der Waals surface area (Å²) in [6, 6.07) is 14.4. The van der Waals surface area contributed by atoms with E-state index < -0.39 is 11.6 Å². The molecular formula is C26H26F3N3S. The molecule has 172 valence electrons. The number of hydrogen-bond donors (Lipinski definition) is 0. The molecule has 0 unspecified atom stereocenters. The molecule has 2 heterocycles. The van der Waals surface area contributed by atoms with Crippen LogP contribution in [0, 0.1) is 5.41 Å². The largest absolute Gasteiger partial charge is 0.394 e. The molecule has 2 aromatic heterocycles. The third-order valence-corrected chi connectivity index (χ3v) is 6.71. The quantitative estimate of drug-likeness (QED) is 0.305. The Morgan fingerprint density at radius 2 is 1.58 bits per heavy atom. The number of halogens is 3. The summed E-state index contributed by atoms with van der Waals surface area (Å²) in [5.41, 5.74) is 2.07. The number of thiazole rings is 1. The molecule has 0 saturated heterocycles. The first-order valence-electron chi connectivity index (χ1n) is 10.7. The average Bonchev–Trinajstić information content (AvgIpc) is 3.19. The maximum Gasteiger partial charge on any atom is 0.394 e. The van der Waals surface area contributed by atoms with Crippen LogP contribution in [0.2, 0.25) is 0 Å². The molecule has 0 atom stereocenters. The highest BCUT2D eigenvalue weighted by atomic mass is 32.1. The zero-order valence-corrected chi connectivity index (χ0v) is 20.1. The maximum absolute atomic E-state index is 13.3. The third-order valence-electron chi connectivity index (χ3n) is 5.79. The van der Waals surface area contributed by atoms with Gasteiger partial charge in [-0.25, -0.2) is 15.0 Å². The zero-order valence-electron chi connectivity index (χ0n) is 19.3. The summed E-state index contributed by atoms with van der Waals surface area (Å²) < 4.78 is 39.8. The summed E-state index contributed by atoms with van der Waals surface area (Å²) in [5, 5.41) is 4.60. The molecule has 0 saturated carbocycles. The summed E-state index contributed by atoms with van der Waals surface area (Å²) in [5.74, 6) is 0. The Labute approximate surface area is 195 Å². The molecule has 0 fully saturated rings. The molecule has 4 rings (SSSR count). The van der Waals surface area contributed by atoms with Crippen LogP contribution >= 0.6 is 11.3 Å². The third kappa shape index (κ3) is 4.78. The number of aromatic nitrogens is 3. The van der Waals surface area contributed by atoms with E-state index in [0.717, 1.165) is 16.6 Å². The molecule has 0 bridgehead atoms. The van der Waals surface area contributed by atoms with Crippen molar-refractivity contribution < 1.29 is 13.2 Å². The first kappa shape index (κ1) is 23.4. The minimum atomic E-state index is -4.29. The fourth-order valence-corrected chi connectivity index (χ4v) is 4.56. The van der Waals surface area contributed by atoms with Crippen molar-refractivity contribution in [2.75, 3.05) is 0 Å². The van der Waals surface area contributed by atoms with Crippen LogP contribution in [0.5, 0.6) is 0 Å². The maximum atomic E-state index is 13.3. The van der Waals surface area contributed by atoms with E-state index in [1.807, 2.05) is 18.2 Å². The van der Waals surface area contributed by atoms with E-state index in [-0.39, 0.29) is 11.8 Å². The van der Waals surface area contributed by atoms with Gasteiger partial charge in [0.05, 0.1) is 16.8 Å². The minimum Gasteiger partial charge on any atom is -0.239 e. The Balaban J connectivity index is 1.72. The molecule has 2 aromatic carbocycles. The van der Waals surface area contributed by atoms with E-state index in [4.69, 9.17) is 0 Å². The van der Waals surface area contributed by atoms with Crippen molar-refractivity contribution in [3.63, 3.8) is 0 Å². The summed E-state index contributed by atoms with van der Waals surface area (Å²) >= 11 is 1.30. The fraction of sp³-hybridized carbons (Fsp3) is 0.346. The van der Waals surface area contributed by atoms with Gasteiger partial charge in [0.2, 0.25) is 0 Å². The lowest BCUT2D eigenvalue weighted by molar-refractivity contribution is -0.211. The summed E-state index contributed by atoms with van der Waals surface area (Å²) in [6.07, 6.45) is -2.98. The smallest absolute Gasteiger partial charge is 0.239 e. The molecule has 3 nitrogen and oxygen atoms in total. The molecule has 0 aliphatic heterocycles.